The number of hydrogen-bond acceptors (Lipinski definition) is 4. The lowest BCUT2D eigenvalue weighted by atomic mass is 10.1. The third-order valence-electron chi connectivity index (χ3n) is 4.16. The SMILES string of the molecule is Cc1ccccc1OCC(=O)O[C@@H](C)C(=O)Nc1cccc2ccccc12. The van der Waals surface area contributed by atoms with Crippen LogP contribution in [0.5, 0.6) is 5.75 Å². The van der Waals surface area contributed by atoms with Crippen molar-refractivity contribution in [1.82, 2.24) is 0 Å². The average molecular weight is 363 g/mol. The summed E-state index contributed by atoms with van der Waals surface area (Å²) in [4.78, 5) is 24.4. The molecule has 138 valence electrons. The predicted octanol–water partition coefficient (Wildman–Crippen LogP) is 4.10. The van der Waals surface area contributed by atoms with Gasteiger partial charge in [-0.25, -0.2) is 4.79 Å². The van der Waals surface area contributed by atoms with Crippen LogP contribution in [0, 0.1) is 6.92 Å². The van der Waals surface area contributed by atoms with E-state index in [-0.39, 0.29) is 6.61 Å². The number of ether oxygens (including phenoxy) is 2. The van der Waals surface area contributed by atoms with Gasteiger partial charge in [0.25, 0.3) is 5.91 Å². The van der Waals surface area contributed by atoms with Crippen LogP contribution in [0.15, 0.2) is 66.7 Å². The smallest absolute Gasteiger partial charge is 0.344 e. The largest absolute Gasteiger partial charge is 0.482 e. The number of aryl methyl sites for hydroxylation is 1. The maximum atomic E-state index is 12.4. The molecular formula is C22H21NO4. The van der Waals surface area contributed by atoms with Crippen LogP contribution in [0.1, 0.15) is 12.5 Å². The molecule has 0 aliphatic rings. The number of nitrogens with one attached hydrogen (secondary N) is 1. The minimum absolute atomic E-state index is 0.253. The Morgan fingerprint density at radius 3 is 2.48 bits per heavy atom. The molecule has 0 aromatic heterocycles. The number of rotatable bonds is 6. The van der Waals surface area contributed by atoms with E-state index < -0.39 is 18.0 Å². The number of para-hydroxylation sites is 1. The summed E-state index contributed by atoms with van der Waals surface area (Å²) in [5, 5.41) is 4.76. The van der Waals surface area contributed by atoms with E-state index in [0.29, 0.717) is 11.4 Å². The summed E-state index contributed by atoms with van der Waals surface area (Å²) >= 11 is 0. The molecule has 5 nitrogen and oxygen atoms in total. The van der Waals surface area contributed by atoms with Crippen molar-refractivity contribution in [2.75, 3.05) is 11.9 Å². The molecule has 0 unspecified atom stereocenters. The molecule has 3 rings (SSSR count). The van der Waals surface area contributed by atoms with Gasteiger partial charge in [-0.1, -0.05) is 54.6 Å². The number of fused-ring (bicyclic) bond motifs is 1. The minimum atomic E-state index is -0.933. The highest BCUT2D eigenvalue weighted by molar-refractivity contribution is 6.03. The fraction of sp³-hybridized carbons (Fsp3) is 0.182. The maximum absolute atomic E-state index is 12.4. The molecule has 0 aliphatic heterocycles. The Morgan fingerprint density at radius 1 is 0.963 bits per heavy atom. The summed E-state index contributed by atoms with van der Waals surface area (Å²) in [6.45, 7) is 3.17. The zero-order valence-corrected chi connectivity index (χ0v) is 15.3. The number of esters is 1. The Balaban J connectivity index is 1.57. The van der Waals surface area contributed by atoms with Crippen LogP contribution in [-0.4, -0.2) is 24.6 Å². The fourth-order valence-corrected chi connectivity index (χ4v) is 2.71. The third kappa shape index (κ3) is 4.64. The van der Waals surface area contributed by atoms with Gasteiger partial charge in [-0.05, 0) is 36.9 Å². The predicted molar refractivity (Wildman–Crippen MR) is 105 cm³/mol. The molecule has 3 aromatic carbocycles. The van der Waals surface area contributed by atoms with Crippen molar-refractivity contribution in [2.45, 2.75) is 20.0 Å². The number of carbonyl (C=O) groups is 2. The van der Waals surface area contributed by atoms with Crippen LogP contribution in [0.4, 0.5) is 5.69 Å². The molecular weight excluding hydrogens is 342 g/mol. The Kier molecular flexibility index (Phi) is 5.71. The molecule has 3 aromatic rings. The van der Waals surface area contributed by atoms with Gasteiger partial charge < -0.3 is 14.8 Å². The van der Waals surface area contributed by atoms with E-state index in [0.717, 1.165) is 16.3 Å². The molecule has 0 bridgehead atoms. The summed E-state index contributed by atoms with van der Waals surface area (Å²) in [5.41, 5.74) is 1.60. The van der Waals surface area contributed by atoms with Gasteiger partial charge in [0.15, 0.2) is 12.7 Å². The van der Waals surface area contributed by atoms with Crippen molar-refractivity contribution in [2.24, 2.45) is 0 Å². The zero-order valence-electron chi connectivity index (χ0n) is 15.3. The Labute approximate surface area is 157 Å². The molecule has 5 heteroatoms. The van der Waals surface area contributed by atoms with Crippen molar-refractivity contribution < 1.29 is 19.1 Å². The number of anilines is 1. The summed E-state index contributed by atoms with van der Waals surface area (Å²) < 4.78 is 10.6. The fourth-order valence-electron chi connectivity index (χ4n) is 2.71. The number of carbonyl (C=O) groups excluding carboxylic acids is 2. The van der Waals surface area contributed by atoms with Gasteiger partial charge in [-0.3, -0.25) is 4.79 Å². The van der Waals surface area contributed by atoms with Gasteiger partial charge in [-0.2, -0.15) is 0 Å². The molecule has 0 heterocycles. The molecule has 0 spiro atoms. The van der Waals surface area contributed by atoms with Gasteiger partial charge in [0.1, 0.15) is 5.75 Å². The minimum Gasteiger partial charge on any atom is -0.482 e. The van der Waals surface area contributed by atoms with Crippen molar-refractivity contribution in [1.29, 1.82) is 0 Å². The van der Waals surface area contributed by atoms with Crippen molar-refractivity contribution in [3.05, 3.63) is 72.3 Å². The second kappa shape index (κ2) is 8.36. The zero-order chi connectivity index (χ0) is 19.2. The number of benzene rings is 3. The molecule has 0 fully saturated rings. The standard InChI is InChI=1S/C22H21NO4/c1-15-8-3-6-13-20(15)26-14-21(24)27-16(2)22(25)23-19-12-7-10-17-9-4-5-11-18(17)19/h3-13,16H,14H2,1-2H3,(H,23,25)/t16-/m0/s1. The van der Waals surface area contributed by atoms with Crippen molar-refractivity contribution in [3.8, 4) is 5.75 Å². The first-order chi connectivity index (χ1) is 13.0. The van der Waals surface area contributed by atoms with Gasteiger partial charge >= 0.3 is 5.97 Å². The number of hydrogen-bond donors (Lipinski definition) is 1. The maximum Gasteiger partial charge on any atom is 0.344 e. The van der Waals surface area contributed by atoms with Gasteiger partial charge in [-0.15, -0.1) is 0 Å². The Hall–Kier alpha value is -3.34. The molecule has 0 radical (unpaired) electrons. The van der Waals surface area contributed by atoms with E-state index in [1.54, 1.807) is 6.07 Å². The lowest BCUT2D eigenvalue weighted by molar-refractivity contribution is -0.155. The summed E-state index contributed by atoms with van der Waals surface area (Å²) in [6, 6.07) is 20.8. The van der Waals surface area contributed by atoms with Crippen LogP contribution >= 0.6 is 0 Å². The van der Waals surface area contributed by atoms with Crippen molar-refractivity contribution in [3.63, 3.8) is 0 Å². The van der Waals surface area contributed by atoms with Gasteiger partial charge in [0, 0.05) is 11.1 Å². The first-order valence-electron chi connectivity index (χ1n) is 8.71. The topological polar surface area (TPSA) is 64.6 Å². The van der Waals surface area contributed by atoms with E-state index >= 15 is 0 Å². The molecule has 1 amide bonds. The second-order valence-electron chi connectivity index (χ2n) is 6.20. The van der Waals surface area contributed by atoms with E-state index in [1.165, 1.54) is 6.92 Å². The van der Waals surface area contributed by atoms with Gasteiger partial charge in [0.2, 0.25) is 0 Å². The van der Waals surface area contributed by atoms with Gasteiger partial charge in [0.05, 0.1) is 0 Å². The first-order valence-corrected chi connectivity index (χ1v) is 8.71. The normalized spacial score (nSPS) is 11.6. The van der Waals surface area contributed by atoms with Crippen LogP contribution < -0.4 is 10.1 Å². The monoisotopic (exact) mass is 363 g/mol. The van der Waals surface area contributed by atoms with Crippen LogP contribution in [0.25, 0.3) is 10.8 Å². The van der Waals surface area contributed by atoms with Crippen LogP contribution in [-0.2, 0) is 14.3 Å². The third-order valence-corrected chi connectivity index (χ3v) is 4.16. The van der Waals surface area contributed by atoms with Crippen LogP contribution in [0.3, 0.4) is 0 Å². The highest BCUT2D eigenvalue weighted by atomic mass is 16.6. The summed E-state index contributed by atoms with van der Waals surface area (Å²) in [5.74, 6) is -0.378. The van der Waals surface area contributed by atoms with E-state index in [4.69, 9.17) is 9.47 Å². The first kappa shape index (κ1) is 18.5. The molecule has 0 saturated heterocycles. The number of amides is 1. The molecule has 27 heavy (non-hydrogen) atoms. The van der Waals surface area contributed by atoms with Crippen LogP contribution in [0.2, 0.25) is 0 Å². The van der Waals surface area contributed by atoms with E-state index in [2.05, 4.69) is 5.32 Å². The van der Waals surface area contributed by atoms with E-state index in [9.17, 15) is 9.59 Å². The van der Waals surface area contributed by atoms with Crippen molar-refractivity contribution >= 4 is 28.3 Å². The molecule has 1 N–H and O–H groups in total. The Bertz CT molecular complexity index is 962. The quantitative estimate of drug-likeness (QED) is 0.670. The van der Waals surface area contributed by atoms with E-state index in [1.807, 2.05) is 67.6 Å². The molecule has 0 saturated carbocycles. The lowest BCUT2D eigenvalue weighted by Crippen LogP contribution is -2.31. The highest BCUT2D eigenvalue weighted by Crippen LogP contribution is 2.23. The Morgan fingerprint density at radius 2 is 1.67 bits per heavy atom. The summed E-state index contributed by atoms with van der Waals surface area (Å²) in [6.07, 6.45) is -0.933. The summed E-state index contributed by atoms with van der Waals surface area (Å²) in [7, 11) is 0. The highest BCUT2D eigenvalue weighted by Gasteiger charge is 2.19. The molecule has 0 aliphatic carbocycles. The average Bonchev–Trinajstić information content (AvgIpc) is 2.67. The molecule has 1 atom stereocenters. The lowest BCUT2D eigenvalue weighted by Gasteiger charge is -2.15. The second-order valence-corrected chi connectivity index (χ2v) is 6.20.